The number of hydrogen-bond donors (Lipinski definition) is 3. The van der Waals surface area contributed by atoms with Crippen LogP contribution in [0.4, 0.5) is 4.79 Å². The first-order valence-corrected chi connectivity index (χ1v) is 5.39. The number of hydrogen-bond acceptors (Lipinski definition) is 2. The van der Waals surface area contributed by atoms with Gasteiger partial charge in [-0.25, -0.2) is 4.79 Å². The average molecular weight is 199 g/mol. The summed E-state index contributed by atoms with van der Waals surface area (Å²) in [6.45, 7) is 4.60. The van der Waals surface area contributed by atoms with Gasteiger partial charge in [-0.1, -0.05) is 6.42 Å². The summed E-state index contributed by atoms with van der Waals surface area (Å²) < 4.78 is 0. The van der Waals surface area contributed by atoms with Gasteiger partial charge in [-0.2, -0.15) is 0 Å². The Balaban J connectivity index is 2.16. The molecular formula is C10H21N3O. The third-order valence-electron chi connectivity index (χ3n) is 2.66. The fraction of sp³-hybridized carbons (Fsp3) is 0.900. The van der Waals surface area contributed by atoms with Crippen LogP contribution in [0.15, 0.2) is 0 Å². The van der Waals surface area contributed by atoms with E-state index >= 15 is 0 Å². The fourth-order valence-electron chi connectivity index (χ4n) is 1.86. The molecule has 0 spiro atoms. The molecule has 0 heterocycles. The summed E-state index contributed by atoms with van der Waals surface area (Å²) in [4.78, 5) is 11.3. The summed E-state index contributed by atoms with van der Waals surface area (Å²) in [6.07, 6.45) is 3.43. The van der Waals surface area contributed by atoms with Crippen molar-refractivity contribution in [3.8, 4) is 0 Å². The lowest BCUT2D eigenvalue weighted by atomic mass is 10.1. The Labute approximate surface area is 85.6 Å². The number of nitrogens with two attached hydrogens (primary N) is 1. The lowest BCUT2D eigenvalue weighted by Gasteiger charge is -2.17. The highest BCUT2D eigenvalue weighted by molar-refractivity contribution is 5.74. The quantitative estimate of drug-likeness (QED) is 0.630. The van der Waals surface area contributed by atoms with Crippen LogP contribution in [0.1, 0.15) is 33.1 Å². The summed E-state index contributed by atoms with van der Waals surface area (Å²) in [5.41, 5.74) is 5.89. The van der Waals surface area contributed by atoms with Gasteiger partial charge in [0, 0.05) is 18.6 Å². The lowest BCUT2D eigenvalue weighted by molar-refractivity contribution is 0.236. The zero-order valence-electron chi connectivity index (χ0n) is 9.05. The number of rotatable bonds is 3. The van der Waals surface area contributed by atoms with Crippen LogP contribution in [0, 0.1) is 5.92 Å². The van der Waals surface area contributed by atoms with Gasteiger partial charge in [-0.05, 0) is 32.6 Å². The van der Waals surface area contributed by atoms with E-state index in [4.69, 9.17) is 5.73 Å². The summed E-state index contributed by atoms with van der Waals surface area (Å²) in [5, 5.41) is 5.65. The van der Waals surface area contributed by atoms with E-state index in [0.717, 1.165) is 12.8 Å². The minimum atomic E-state index is -0.0842. The molecule has 1 fully saturated rings. The highest BCUT2D eigenvalue weighted by Gasteiger charge is 2.23. The molecular weight excluding hydrogens is 178 g/mol. The molecule has 2 unspecified atom stereocenters. The third kappa shape index (κ3) is 3.54. The Morgan fingerprint density at radius 1 is 1.50 bits per heavy atom. The Hall–Kier alpha value is -0.770. The van der Waals surface area contributed by atoms with Crippen LogP contribution < -0.4 is 16.4 Å². The molecule has 0 aromatic carbocycles. The smallest absolute Gasteiger partial charge is 0.314 e. The predicted molar refractivity (Wildman–Crippen MR) is 57.0 cm³/mol. The molecule has 0 bridgehead atoms. The Morgan fingerprint density at radius 2 is 2.21 bits per heavy atom. The lowest BCUT2D eigenvalue weighted by Crippen LogP contribution is -2.43. The molecule has 0 aromatic heterocycles. The zero-order chi connectivity index (χ0) is 10.6. The van der Waals surface area contributed by atoms with Crippen molar-refractivity contribution in [3.63, 3.8) is 0 Å². The SMILES string of the molecule is CC(C)NC(=O)NCC1CCCC1N. The number of urea groups is 1. The molecule has 14 heavy (non-hydrogen) atoms. The standard InChI is InChI=1S/C10H21N3O/c1-7(2)13-10(14)12-6-8-4-3-5-9(8)11/h7-9H,3-6,11H2,1-2H3,(H2,12,13,14). The molecule has 0 saturated heterocycles. The zero-order valence-corrected chi connectivity index (χ0v) is 9.05. The van der Waals surface area contributed by atoms with Gasteiger partial charge in [-0.15, -0.1) is 0 Å². The number of carbonyl (C=O) groups excluding carboxylic acids is 1. The average Bonchev–Trinajstić information content (AvgIpc) is 2.46. The number of carbonyl (C=O) groups is 1. The molecule has 4 heteroatoms. The molecule has 0 aromatic rings. The van der Waals surface area contributed by atoms with Gasteiger partial charge < -0.3 is 16.4 Å². The van der Waals surface area contributed by atoms with Gasteiger partial charge in [0.15, 0.2) is 0 Å². The van der Waals surface area contributed by atoms with E-state index in [0.29, 0.717) is 12.5 Å². The van der Waals surface area contributed by atoms with Crippen LogP contribution >= 0.6 is 0 Å². The topological polar surface area (TPSA) is 67.2 Å². The van der Waals surface area contributed by atoms with Crippen molar-refractivity contribution in [1.29, 1.82) is 0 Å². The van der Waals surface area contributed by atoms with Crippen molar-refractivity contribution in [2.45, 2.75) is 45.2 Å². The van der Waals surface area contributed by atoms with Gasteiger partial charge in [0.25, 0.3) is 0 Å². The van der Waals surface area contributed by atoms with Gasteiger partial charge in [0.2, 0.25) is 0 Å². The molecule has 1 aliphatic carbocycles. The monoisotopic (exact) mass is 199 g/mol. The van der Waals surface area contributed by atoms with Gasteiger partial charge in [0.05, 0.1) is 0 Å². The maximum atomic E-state index is 11.3. The molecule has 1 rings (SSSR count). The molecule has 4 nitrogen and oxygen atoms in total. The Bertz CT molecular complexity index is 194. The first kappa shape index (κ1) is 11.3. The van der Waals surface area contributed by atoms with Crippen molar-refractivity contribution in [2.24, 2.45) is 11.7 Å². The normalized spacial score (nSPS) is 26.6. The predicted octanol–water partition coefficient (Wildman–Crippen LogP) is 0.821. The van der Waals surface area contributed by atoms with E-state index in [1.807, 2.05) is 13.8 Å². The first-order valence-electron chi connectivity index (χ1n) is 5.39. The van der Waals surface area contributed by atoms with E-state index in [1.54, 1.807) is 0 Å². The molecule has 2 amide bonds. The van der Waals surface area contributed by atoms with Crippen molar-refractivity contribution in [2.75, 3.05) is 6.54 Å². The minimum absolute atomic E-state index is 0.0842. The van der Waals surface area contributed by atoms with Gasteiger partial charge in [0.1, 0.15) is 0 Å². The van der Waals surface area contributed by atoms with Crippen molar-refractivity contribution >= 4 is 6.03 Å². The Kier molecular flexibility index (Phi) is 4.20. The van der Waals surface area contributed by atoms with Crippen LogP contribution in [-0.4, -0.2) is 24.7 Å². The van der Waals surface area contributed by atoms with Crippen molar-refractivity contribution in [1.82, 2.24) is 10.6 Å². The highest BCUT2D eigenvalue weighted by Crippen LogP contribution is 2.22. The van der Waals surface area contributed by atoms with E-state index in [9.17, 15) is 4.79 Å². The number of nitrogens with one attached hydrogen (secondary N) is 2. The molecule has 0 radical (unpaired) electrons. The van der Waals surface area contributed by atoms with Crippen LogP contribution in [0.5, 0.6) is 0 Å². The second kappa shape index (κ2) is 5.20. The van der Waals surface area contributed by atoms with E-state index in [1.165, 1.54) is 6.42 Å². The number of amides is 2. The fourth-order valence-corrected chi connectivity index (χ4v) is 1.86. The first-order chi connectivity index (χ1) is 6.59. The van der Waals surface area contributed by atoms with Crippen molar-refractivity contribution in [3.05, 3.63) is 0 Å². The molecule has 82 valence electrons. The van der Waals surface area contributed by atoms with Crippen molar-refractivity contribution < 1.29 is 4.79 Å². The van der Waals surface area contributed by atoms with Crippen LogP contribution in [-0.2, 0) is 0 Å². The summed E-state index contributed by atoms with van der Waals surface area (Å²) in [6, 6.07) is 0.376. The second-order valence-corrected chi connectivity index (χ2v) is 4.36. The third-order valence-corrected chi connectivity index (χ3v) is 2.66. The van der Waals surface area contributed by atoms with E-state index < -0.39 is 0 Å². The van der Waals surface area contributed by atoms with E-state index in [-0.39, 0.29) is 18.1 Å². The summed E-state index contributed by atoms with van der Waals surface area (Å²) in [7, 11) is 0. The molecule has 0 aliphatic heterocycles. The van der Waals surface area contributed by atoms with Crippen LogP contribution in [0.2, 0.25) is 0 Å². The van der Waals surface area contributed by atoms with Gasteiger partial charge in [-0.3, -0.25) is 0 Å². The van der Waals surface area contributed by atoms with E-state index in [2.05, 4.69) is 10.6 Å². The largest absolute Gasteiger partial charge is 0.338 e. The second-order valence-electron chi connectivity index (χ2n) is 4.36. The summed E-state index contributed by atoms with van der Waals surface area (Å²) in [5.74, 6) is 0.466. The summed E-state index contributed by atoms with van der Waals surface area (Å²) >= 11 is 0. The molecule has 1 aliphatic rings. The van der Waals surface area contributed by atoms with Crippen LogP contribution in [0.25, 0.3) is 0 Å². The Morgan fingerprint density at radius 3 is 2.71 bits per heavy atom. The van der Waals surface area contributed by atoms with Gasteiger partial charge >= 0.3 is 6.03 Å². The maximum Gasteiger partial charge on any atom is 0.314 e. The maximum absolute atomic E-state index is 11.3. The highest BCUT2D eigenvalue weighted by atomic mass is 16.2. The van der Waals surface area contributed by atoms with Crippen LogP contribution in [0.3, 0.4) is 0 Å². The minimum Gasteiger partial charge on any atom is -0.338 e. The molecule has 2 atom stereocenters. The molecule has 1 saturated carbocycles. The molecule has 4 N–H and O–H groups in total.